The average Bonchev–Trinajstić information content (AvgIpc) is 2.74. The first-order chi connectivity index (χ1) is 15.8. The van der Waals surface area contributed by atoms with Crippen LogP contribution in [0.2, 0.25) is 0 Å². The molecule has 0 bridgehead atoms. The van der Waals surface area contributed by atoms with Crippen LogP contribution < -0.4 is 9.62 Å². The van der Waals surface area contributed by atoms with E-state index in [2.05, 4.69) is 5.32 Å². The Labute approximate surface area is 204 Å². The quantitative estimate of drug-likeness (QED) is 0.554. The maximum Gasteiger partial charge on any atom is 0.244 e. The lowest BCUT2D eigenvalue weighted by Crippen LogP contribution is -2.52. The van der Waals surface area contributed by atoms with Crippen LogP contribution in [0.5, 0.6) is 0 Å². The fourth-order valence-corrected chi connectivity index (χ4v) is 4.56. The fraction of sp³-hybridized carbons (Fsp3) is 0.462. The topological polar surface area (TPSA) is 86.8 Å². The number of carbonyl (C=O) groups is 2. The number of nitrogens with one attached hydrogen (secondary N) is 1. The predicted octanol–water partition coefficient (Wildman–Crippen LogP) is 3.71. The summed E-state index contributed by atoms with van der Waals surface area (Å²) in [6, 6.07) is 12.3. The number of nitrogens with zero attached hydrogens (tertiary/aromatic N) is 2. The third-order valence-electron chi connectivity index (χ3n) is 5.94. The summed E-state index contributed by atoms with van der Waals surface area (Å²) >= 11 is 0. The van der Waals surface area contributed by atoms with Crippen molar-refractivity contribution >= 4 is 27.5 Å². The molecule has 34 heavy (non-hydrogen) atoms. The Kier molecular flexibility index (Phi) is 9.27. The van der Waals surface area contributed by atoms with Crippen molar-refractivity contribution in [3.8, 4) is 0 Å². The van der Waals surface area contributed by atoms with E-state index in [1.165, 1.54) is 4.90 Å². The zero-order valence-corrected chi connectivity index (χ0v) is 22.1. The molecular formula is C26H37N3O4S. The number of sulfonamides is 1. The molecule has 0 saturated heterocycles. The lowest BCUT2D eigenvalue weighted by atomic mass is 10.1. The number of hydrogen-bond donors (Lipinski definition) is 1. The number of hydrogen-bond acceptors (Lipinski definition) is 4. The summed E-state index contributed by atoms with van der Waals surface area (Å²) < 4.78 is 26.5. The standard InChI is InChI=1S/C26H37N3O4S/c1-8-21(5)27-26(31)22(6)28(16-23-12-10-9-11-20(23)4)25(30)17-29(34(7,32)33)24-14-18(2)13-19(3)15-24/h9-15,21-22H,8,16-17H2,1-7H3,(H,27,31)/t21-,22+/m1/s1. The van der Waals surface area contributed by atoms with Crippen molar-refractivity contribution < 1.29 is 18.0 Å². The van der Waals surface area contributed by atoms with Gasteiger partial charge in [-0.05, 0) is 75.4 Å². The van der Waals surface area contributed by atoms with E-state index < -0.39 is 28.5 Å². The van der Waals surface area contributed by atoms with Gasteiger partial charge in [0.1, 0.15) is 12.6 Å². The second-order valence-electron chi connectivity index (χ2n) is 9.06. The molecule has 0 radical (unpaired) electrons. The average molecular weight is 488 g/mol. The molecule has 2 aromatic rings. The Morgan fingerprint density at radius 1 is 1.00 bits per heavy atom. The normalized spacial score (nSPS) is 13.1. The van der Waals surface area contributed by atoms with E-state index in [1.54, 1.807) is 19.1 Å². The van der Waals surface area contributed by atoms with Gasteiger partial charge in [0.2, 0.25) is 21.8 Å². The molecule has 0 aliphatic carbocycles. The van der Waals surface area contributed by atoms with Crippen LogP contribution in [-0.2, 0) is 26.2 Å². The number of amides is 2. The summed E-state index contributed by atoms with van der Waals surface area (Å²) in [7, 11) is -3.74. The van der Waals surface area contributed by atoms with Crippen LogP contribution in [0.15, 0.2) is 42.5 Å². The molecule has 2 atom stereocenters. The highest BCUT2D eigenvalue weighted by molar-refractivity contribution is 7.92. The van der Waals surface area contributed by atoms with Crippen LogP contribution in [0, 0.1) is 20.8 Å². The smallest absolute Gasteiger partial charge is 0.244 e. The van der Waals surface area contributed by atoms with Gasteiger partial charge in [-0.25, -0.2) is 8.42 Å². The summed E-state index contributed by atoms with van der Waals surface area (Å²) in [5, 5.41) is 2.93. The molecule has 0 fully saturated rings. The fourth-order valence-electron chi connectivity index (χ4n) is 3.73. The van der Waals surface area contributed by atoms with Crippen LogP contribution in [0.4, 0.5) is 5.69 Å². The minimum atomic E-state index is -3.74. The van der Waals surface area contributed by atoms with Gasteiger partial charge in [-0.1, -0.05) is 37.3 Å². The van der Waals surface area contributed by atoms with E-state index in [9.17, 15) is 18.0 Å². The van der Waals surface area contributed by atoms with Crippen molar-refractivity contribution in [3.63, 3.8) is 0 Å². The Hall–Kier alpha value is -2.87. The largest absolute Gasteiger partial charge is 0.352 e. The molecule has 0 heterocycles. The van der Waals surface area contributed by atoms with Gasteiger partial charge in [-0.3, -0.25) is 13.9 Å². The molecule has 0 aliphatic rings. The van der Waals surface area contributed by atoms with Gasteiger partial charge >= 0.3 is 0 Å². The minimum absolute atomic E-state index is 0.0341. The highest BCUT2D eigenvalue weighted by Crippen LogP contribution is 2.22. The molecule has 0 aliphatic heterocycles. The van der Waals surface area contributed by atoms with Gasteiger partial charge in [0.05, 0.1) is 11.9 Å². The van der Waals surface area contributed by atoms with Crippen LogP contribution >= 0.6 is 0 Å². The molecular weight excluding hydrogens is 450 g/mol. The van der Waals surface area contributed by atoms with Crippen LogP contribution in [0.3, 0.4) is 0 Å². The summed E-state index contributed by atoms with van der Waals surface area (Å²) in [6.45, 7) is 11.1. The van der Waals surface area contributed by atoms with Crippen molar-refractivity contribution in [2.45, 2.75) is 66.6 Å². The summed E-state index contributed by atoms with van der Waals surface area (Å²) in [5.41, 5.74) is 4.12. The molecule has 2 amide bonds. The number of benzene rings is 2. The second kappa shape index (κ2) is 11.5. The second-order valence-corrected chi connectivity index (χ2v) is 11.0. The van der Waals surface area contributed by atoms with E-state index in [-0.39, 0.29) is 18.5 Å². The third kappa shape index (κ3) is 7.32. The number of aryl methyl sites for hydroxylation is 3. The molecule has 0 unspecified atom stereocenters. The lowest BCUT2D eigenvalue weighted by molar-refractivity contribution is -0.139. The molecule has 1 N–H and O–H groups in total. The van der Waals surface area contributed by atoms with E-state index in [0.29, 0.717) is 5.69 Å². The van der Waals surface area contributed by atoms with E-state index in [4.69, 9.17) is 0 Å². The summed E-state index contributed by atoms with van der Waals surface area (Å²) in [5.74, 6) is -0.715. The van der Waals surface area contributed by atoms with Crippen LogP contribution in [0.25, 0.3) is 0 Å². The molecule has 2 rings (SSSR count). The first kappa shape index (κ1) is 27.4. The zero-order chi connectivity index (χ0) is 25.6. The number of anilines is 1. The molecule has 7 nitrogen and oxygen atoms in total. The Balaban J connectivity index is 2.43. The molecule has 8 heteroatoms. The molecule has 2 aromatic carbocycles. The highest BCUT2D eigenvalue weighted by Gasteiger charge is 2.30. The van der Waals surface area contributed by atoms with Crippen molar-refractivity contribution in [1.82, 2.24) is 10.2 Å². The van der Waals surface area contributed by atoms with Crippen molar-refractivity contribution in [1.29, 1.82) is 0 Å². The van der Waals surface area contributed by atoms with E-state index >= 15 is 0 Å². The van der Waals surface area contributed by atoms with Gasteiger partial charge in [0.15, 0.2) is 0 Å². The molecule has 0 spiro atoms. The highest BCUT2D eigenvalue weighted by atomic mass is 32.2. The number of rotatable bonds is 10. The summed E-state index contributed by atoms with van der Waals surface area (Å²) in [4.78, 5) is 28.0. The van der Waals surface area contributed by atoms with Gasteiger partial charge in [-0.15, -0.1) is 0 Å². The monoisotopic (exact) mass is 487 g/mol. The van der Waals surface area contributed by atoms with Gasteiger partial charge < -0.3 is 10.2 Å². The number of carbonyl (C=O) groups excluding carboxylic acids is 2. The Morgan fingerprint density at radius 3 is 2.12 bits per heavy atom. The van der Waals surface area contributed by atoms with Gasteiger partial charge in [-0.2, -0.15) is 0 Å². The first-order valence-corrected chi connectivity index (χ1v) is 13.4. The van der Waals surface area contributed by atoms with Crippen molar-refractivity contribution in [3.05, 3.63) is 64.7 Å². The SMILES string of the molecule is CC[C@@H](C)NC(=O)[C@H](C)N(Cc1ccccc1C)C(=O)CN(c1cc(C)cc(C)c1)S(C)(=O)=O. The molecule has 0 saturated carbocycles. The Morgan fingerprint density at radius 2 is 1.59 bits per heavy atom. The maximum absolute atomic E-state index is 13.6. The van der Waals surface area contributed by atoms with Gasteiger partial charge in [0.25, 0.3) is 0 Å². The predicted molar refractivity (Wildman–Crippen MR) is 137 cm³/mol. The van der Waals surface area contributed by atoms with Crippen LogP contribution in [0.1, 0.15) is 49.4 Å². The summed E-state index contributed by atoms with van der Waals surface area (Å²) in [6.07, 6.45) is 1.85. The third-order valence-corrected chi connectivity index (χ3v) is 7.08. The van der Waals surface area contributed by atoms with E-state index in [1.807, 2.05) is 65.0 Å². The zero-order valence-electron chi connectivity index (χ0n) is 21.3. The molecule has 0 aromatic heterocycles. The van der Waals surface area contributed by atoms with Gasteiger partial charge in [0, 0.05) is 12.6 Å². The lowest BCUT2D eigenvalue weighted by Gasteiger charge is -2.32. The van der Waals surface area contributed by atoms with Crippen molar-refractivity contribution in [2.75, 3.05) is 17.1 Å². The molecule has 186 valence electrons. The van der Waals surface area contributed by atoms with E-state index in [0.717, 1.165) is 39.2 Å². The minimum Gasteiger partial charge on any atom is -0.352 e. The van der Waals surface area contributed by atoms with Crippen LogP contribution in [-0.4, -0.2) is 50.0 Å². The van der Waals surface area contributed by atoms with Crippen molar-refractivity contribution in [2.24, 2.45) is 0 Å². The Bertz CT molecular complexity index is 1110. The maximum atomic E-state index is 13.6. The first-order valence-electron chi connectivity index (χ1n) is 11.5.